The molecule has 0 aliphatic rings. The van der Waals surface area contributed by atoms with Crippen LogP contribution in [0.2, 0.25) is 5.02 Å². The second kappa shape index (κ2) is 8.55. The fraction of sp³-hybridized carbons (Fsp3) is 0.0625. The van der Waals surface area contributed by atoms with Crippen molar-refractivity contribution in [2.24, 2.45) is 5.10 Å². The van der Waals surface area contributed by atoms with E-state index in [2.05, 4.69) is 15.8 Å². The fourth-order valence-electron chi connectivity index (χ4n) is 1.89. The van der Waals surface area contributed by atoms with Crippen LogP contribution in [-0.4, -0.2) is 23.0 Å². The Hall–Kier alpha value is -3.26. The molecule has 8 nitrogen and oxygen atoms in total. The van der Waals surface area contributed by atoms with Crippen LogP contribution in [0, 0.1) is 10.1 Å². The summed E-state index contributed by atoms with van der Waals surface area (Å²) in [7, 11) is 0. The number of nitrogens with one attached hydrogen (secondary N) is 2. The maximum atomic E-state index is 11.8. The topological polar surface area (TPSA) is 114 Å². The van der Waals surface area contributed by atoms with Crippen molar-refractivity contribution in [1.29, 1.82) is 0 Å². The van der Waals surface area contributed by atoms with Gasteiger partial charge in [0.05, 0.1) is 16.7 Å². The molecule has 0 saturated carbocycles. The highest BCUT2D eigenvalue weighted by Gasteiger charge is 2.11. The van der Waals surface area contributed by atoms with Gasteiger partial charge in [0.2, 0.25) is 11.8 Å². The summed E-state index contributed by atoms with van der Waals surface area (Å²) in [6.45, 7) is 0. The SMILES string of the molecule is O=C(CC(=O)Nc1cccc(Cl)c1)N/N=C\c1ccccc1[N+](=O)[O-]. The lowest BCUT2D eigenvalue weighted by Crippen LogP contribution is -2.24. The minimum absolute atomic E-state index is 0.140. The molecule has 25 heavy (non-hydrogen) atoms. The van der Waals surface area contributed by atoms with Crippen molar-refractivity contribution in [3.8, 4) is 0 Å². The van der Waals surface area contributed by atoms with E-state index in [-0.39, 0.29) is 11.3 Å². The van der Waals surface area contributed by atoms with Crippen LogP contribution in [0.5, 0.6) is 0 Å². The first-order valence-electron chi connectivity index (χ1n) is 7.06. The summed E-state index contributed by atoms with van der Waals surface area (Å²) in [5.74, 6) is -1.20. The molecule has 9 heteroatoms. The lowest BCUT2D eigenvalue weighted by Gasteiger charge is -2.04. The van der Waals surface area contributed by atoms with Gasteiger partial charge in [-0.1, -0.05) is 29.8 Å². The molecule has 0 atom stereocenters. The van der Waals surface area contributed by atoms with Crippen LogP contribution >= 0.6 is 11.6 Å². The van der Waals surface area contributed by atoms with E-state index in [1.165, 1.54) is 18.2 Å². The molecule has 2 aromatic rings. The number of carbonyl (C=O) groups excluding carboxylic acids is 2. The monoisotopic (exact) mass is 360 g/mol. The van der Waals surface area contributed by atoms with Gasteiger partial charge in [-0.05, 0) is 24.3 Å². The van der Waals surface area contributed by atoms with Crippen LogP contribution in [0.3, 0.4) is 0 Å². The number of nitro groups is 1. The molecule has 2 aromatic carbocycles. The number of para-hydroxylation sites is 1. The minimum Gasteiger partial charge on any atom is -0.326 e. The van der Waals surface area contributed by atoms with E-state index in [0.717, 1.165) is 6.21 Å². The zero-order chi connectivity index (χ0) is 18.2. The van der Waals surface area contributed by atoms with Gasteiger partial charge in [0.1, 0.15) is 6.42 Å². The van der Waals surface area contributed by atoms with Gasteiger partial charge in [-0.2, -0.15) is 5.10 Å². The molecule has 0 heterocycles. The van der Waals surface area contributed by atoms with Gasteiger partial charge in [-0.15, -0.1) is 0 Å². The zero-order valence-electron chi connectivity index (χ0n) is 12.8. The second-order valence-electron chi connectivity index (χ2n) is 4.84. The van der Waals surface area contributed by atoms with Gasteiger partial charge >= 0.3 is 0 Å². The Kier molecular flexibility index (Phi) is 6.19. The van der Waals surface area contributed by atoms with Crippen molar-refractivity contribution >= 4 is 41.0 Å². The van der Waals surface area contributed by atoms with Crippen LogP contribution in [0.15, 0.2) is 53.6 Å². The van der Waals surface area contributed by atoms with E-state index in [1.807, 2.05) is 0 Å². The van der Waals surface area contributed by atoms with Crippen LogP contribution in [0.25, 0.3) is 0 Å². The van der Waals surface area contributed by atoms with Gasteiger partial charge in [0.25, 0.3) is 5.69 Å². The summed E-state index contributed by atoms with van der Waals surface area (Å²) in [5, 5.41) is 17.5. The summed E-state index contributed by atoms with van der Waals surface area (Å²) in [6.07, 6.45) is 0.686. The first kappa shape index (κ1) is 18.1. The summed E-state index contributed by atoms with van der Waals surface area (Å²) < 4.78 is 0. The lowest BCUT2D eigenvalue weighted by molar-refractivity contribution is -0.385. The van der Waals surface area contributed by atoms with E-state index >= 15 is 0 Å². The molecule has 2 N–H and O–H groups in total. The number of nitro benzene ring substituents is 1. The Morgan fingerprint density at radius 2 is 1.92 bits per heavy atom. The van der Waals surface area contributed by atoms with Gasteiger partial charge in [-0.25, -0.2) is 5.43 Å². The molecular weight excluding hydrogens is 348 g/mol. The average Bonchev–Trinajstić information content (AvgIpc) is 2.55. The molecule has 0 unspecified atom stereocenters. The Balaban J connectivity index is 1.88. The van der Waals surface area contributed by atoms with E-state index in [1.54, 1.807) is 30.3 Å². The van der Waals surface area contributed by atoms with Crippen molar-refractivity contribution in [3.63, 3.8) is 0 Å². The molecule has 0 aromatic heterocycles. The Bertz CT molecular complexity index is 838. The molecule has 2 amide bonds. The molecule has 0 aliphatic carbocycles. The molecule has 0 aliphatic heterocycles. The van der Waals surface area contributed by atoms with Gasteiger partial charge in [0.15, 0.2) is 0 Å². The van der Waals surface area contributed by atoms with Crippen LogP contribution < -0.4 is 10.7 Å². The maximum Gasteiger partial charge on any atom is 0.278 e. The highest BCUT2D eigenvalue weighted by atomic mass is 35.5. The number of rotatable bonds is 6. The lowest BCUT2D eigenvalue weighted by atomic mass is 10.2. The number of carbonyl (C=O) groups is 2. The second-order valence-corrected chi connectivity index (χ2v) is 5.28. The van der Waals surface area contributed by atoms with E-state index in [0.29, 0.717) is 10.7 Å². The van der Waals surface area contributed by atoms with Crippen molar-refractivity contribution in [1.82, 2.24) is 5.43 Å². The fourth-order valence-corrected chi connectivity index (χ4v) is 2.08. The number of amides is 2. The van der Waals surface area contributed by atoms with E-state index in [9.17, 15) is 19.7 Å². The van der Waals surface area contributed by atoms with Crippen molar-refractivity contribution < 1.29 is 14.5 Å². The third kappa shape index (κ3) is 5.70. The minimum atomic E-state index is -0.658. The quantitative estimate of drug-likeness (QED) is 0.357. The highest BCUT2D eigenvalue weighted by Crippen LogP contribution is 2.15. The molecule has 0 spiro atoms. The molecule has 0 bridgehead atoms. The number of benzene rings is 2. The Morgan fingerprint density at radius 1 is 1.16 bits per heavy atom. The van der Waals surface area contributed by atoms with Crippen LogP contribution in [-0.2, 0) is 9.59 Å². The zero-order valence-corrected chi connectivity index (χ0v) is 13.6. The predicted molar refractivity (Wildman–Crippen MR) is 93.5 cm³/mol. The molecule has 0 saturated heterocycles. The average molecular weight is 361 g/mol. The summed E-state index contributed by atoms with van der Waals surface area (Å²) >= 11 is 5.80. The van der Waals surface area contributed by atoms with Gasteiger partial charge in [0, 0.05) is 16.8 Å². The van der Waals surface area contributed by atoms with Gasteiger partial charge < -0.3 is 5.32 Å². The summed E-state index contributed by atoms with van der Waals surface area (Å²) in [6, 6.07) is 12.4. The van der Waals surface area contributed by atoms with Crippen LogP contribution in [0.4, 0.5) is 11.4 Å². The number of anilines is 1. The number of hydrogen-bond donors (Lipinski definition) is 2. The molecule has 0 radical (unpaired) electrons. The largest absolute Gasteiger partial charge is 0.326 e. The Morgan fingerprint density at radius 3 is 2.64 bits per heavy atom. The standard InChI is InChI=1S/C16H13ClN4O4/c17-12-5-3-6-13(8-12)19-15(22)9-16(23)20-18-10-11-4-1-2-7-14(11)21(24)25/h1-8,10H,9H2,(H,19,22)(H,20,23)/b18-10-. The highest BCUT2D eigenvalue weighted by molar-refractivity contribution is 6.30. The van der Waals surface area contributed by atoms with Crippen molar-refractivity contribution in [3.05, 3.63) is 69.2 Å². The van der Waals surface area contributed by atoms with E-state index in [4.69, 9.17) is 11.6 Å². The third-order valence-corrected chi connectivity index (χ3v) is 3.19. The Labute approximate surface area is 147 Å². The normalized spacial score (nSPS) is 10.4. The summed E-state index contributed by atoms with van der Waals surface area (Å²) in [4.78, 5) is 33.7. The van der Waals surface area contributed by atoms with Crippen LogP contribution in [0.1, 0.15) is 12.0 Å². The number of halogens is 1. The summed E-state index contributed by atoms with van der Waals surface area (Å²) in [5.41, 5.74) is 2.71. The van der Waals surface area contributed by atoms with Crippen molar-refractivity contribution in [2.45, 2.75) is 6.42 Å². The number of hydrazone groups is 1. The molecule has 128 valence electrons. The third-order valence-electron chi connectivity index (χ3n) is 2.96. The smallest absolute Gasteiger partial charge is 0.278 e. The van der Waals surface area contributed by atoms with Gasteiger partial charge in [-0.3, -0.25) is 19.7 Å². The van der Waals surface area contributed by atoms with Crippen molar-refractivity contribution in [2.75, 3.05) is 5.32 Å². The number of hydrogen-bond acceptors (Lipinski definition) is 5. The van der Waals surface area contributed by atoms with E-state index < -0.39 is 23.2 Å². The molecule has 2 rings (SSSR count). The number of nitrogens with zero attached hydrogens (tertiary/aromatic N) is 2. The predicted octanol–water partition coefficient (Wildman–Crippen LogP) is 2.73. The molecule has 0 fully saturated rings. The first-order chi connectivity index (χ1) is 12.0. The molecular formula is C16H13ClN4O4. The maximum absolute atomic E-state index is 11.8. The first-order valence-corrected chi connectivity index (χ1v) is 7.44.